The number of rotatable bonds is 6. The van der Waals surface area contributed by atoms with Crippen LogP contribution in [0.5, 0.6) is 0 Å². The van der Waals surface area contributed by atoms with Crippen LogP contribution < -0.4 is 9.88 Å². The molecule has 0 saturated carbocycles. The highest BCUT2D eigenvalue weighted by molar-refractivity contribution is 5.76. The number of aromatic nitrogens is 1. The molecule has 0 spiro atoms. The molecule has 1 rings (SSSR count). The van der Waals surface area contributed by atoms with E-state index in [0.29, 0.717) is 6.42 Å². The summed E-state index contributed by atoms with van der Waals surface area (Å²) < 4.78 is 2.14. The number of pyridine rings is 1. The Hall–Kier alpha value is -1.38. The minimum atomic E-state index is 0.160. The Balaban J connectivity index is 2.10. The lowest BCUT2D eigenvalue weighted by molar-refractivity contribution is -0.697. The monoisotopic (exact) mass is 221 g/mol. The van der Waals surface area contributed by atoms with Crippen LogP contribution in [-0.4, -0.2) is 11.9 Å². The van der Waals surface area contributed by atoms with E-state index in [2.05, 4.69) is 9.88 Å². The highest BCUT2D eigenvalue weighted by atomic mass is 16.1. The van der Waals surface area contributed by atoms with Crippen LogP contribution in [-0.2, 0) is 11.3 Å². The second-order valence-corrected chi connectivity index (χ2v) is 4.29. The summed E-state index contributed by atoms with van der Waals surface area (Å²) in [5.74, 6) is 0.160. The van der Waals surface area contributed by atoms with Crippen LogP contribution >= 0.6 is 0 Å². The Morgan fingerprint density at radius 3 is 2.50 bits per heavy atom. The molecule has 1 aromatic rings. The summed E-state index contributed by atoms with van der Waals surface area (Å²) in [7, 11) is 0. The number of amides is 1. The van der Waals surface area contributed by atoms with Crippen LogP contribution in [0.1, 0.15) is 33.1 Å². The van der Waals surface area contributed by atoms with Gasteiger partial charge in [0.05, 0.1) is 0 Å². The first-order valence-electron chi connectivity index (χ1n) is 5.92. The Morgan fingerprint density at radius 1 is 1.19 bits per heavy atom. The van der Waals surface area contributed by atoms with Crippen LogP contribution in [0.25, 0.3) is 0 Å². The molecule has 16 heavy (non-hydrogen) atoms. The maximum atomic E-state index is 11.3. The van der Waals surface area contributed by atoms with E-state index in [0.717, 1.165) is 19.4 Å². The quantitative estimate of drug-likeness (QED) is 0.575. The number of nitrogens with one attached hydrogen (secondary N) is 1. The third-order valence-electron chi connectivity index (χ3n) is 2.30. The van der Waals surface area contributed by atoms with Crippen molar-refractivity contribution in [1.29, 1.82) is 0 Å². The zero-order valence-corrected chi connectivity index (χ0v) is 10.1. The highest BCUT2D eigenvalue weighted by Gasteiger charge is 2.04. The molecule has 0 fully saturated rings. The molecule has 1 amide bonds. The number of aryl methyl sites for hydroxylation is 1. The Morgan fingerprint density at radius 2 is 1.88 bits per heavy atom. The average Bonchev–Trinajstić information content (AvgIpc) is 2.25. The zero-order chi connectivity index (χ0) is 11.8. The molecule has 0 saturated heterocycles. The van der Waals surface area contributed by atoms with Gasteiger partial charge in [-0.25, -0.2) is 4.57 Å². The van der Waals surface area contributed by atoms with Gasteiger partial charge >= 0.3 is 0 Å². The van der Waals surface area contributed by atoms with Crippen molar-refractivity contribution in [2.45, 2.75) is 45.7 Å². The van der Waals surface area contributed by atoms with E-state index in [9.17, 15) is 4.79 Å². The first-order valence-corrected chi connectivity index (χ1v) is 5.92. The number of nitrogens with zero attached hydrogens (tertiary/aromatic N) is 1. The van der Waals surface area contributed by atoms with Crippen molar-refractivity contribution in [1.82, 2.24) is 5.32 Å². The summed E-state index contributed by atoms with van der Waals surface area (Å²) >= 11 is 0. The molecule has 0 aliphatic carbocycles. The smallest absolute Gasteiger partial charge is 0.220 e. The van der Waals surface area contributed by atoms with E-state index in [4.69, 9.17) is 0 Å². The topological polar surface area (TPSA) is 33.0 Å². The maximum absolute atomic E-state index is 11.3. The van der Waals surface area contributed by atoms with Crippen LogP contribution in [0, 0.1) is 0 Å². The first kappa shape index (κ1) is 12.7. The molecular formula is C13H21N2O+. The van der Waals surface area contributed by atoms with E-state index < -0.39 is 0 Å². The number of carbonyl (C=O) groups is 1. The summed E-state index contributed by atoms with van der Waals surface area (Å²) in [4.78, 5) is 11.3. The van der Waals surface area contributed by atoms with Gasteiger partial charge in [0, 0.05) is 31.0 Å². The molecule has 1 heterocycles. The molecule has 3 heteroatoms. The van der Waals surface area contributed by atoms with Crippen molar-refractivity contribution in [3.63, 3.8) is 0 Å². The molecule has 0 bridgehead atoms. The largest absolute Gasteiger partial charge is 0.354 e. The second-order valence-electron chi connectivity index (χ2n) is 4.29. The fourth-order valence-electron chi connectivity index (χ4n) is 1.56. The lowest BCUT2D eigenvalue weighted by atomic mass is 10.2. The first-order chi connectivity index (χ1) is 7.68. The average molecular weight is 221 g/mol. The summed E-state index contributed by atoms with van der Waals surface area (Å²) in [6.07, 6.45) is 6.72. The molecule has 1 N–H and O–H groups in total. The van der Waals surface area contributed by atoms with Crippen molar-refractivity contribution in [2.24, 2.45) is 0 Å². The van der Waals surface area contributed by atoms with Gasteiger partial charge in [-0.1, -0.05) is 6.07 Å². The van der Waals surface area contributed by atoms with Gasteiger partial charge in [-0.05, 0) is 20.3 Å². The number of carbonyl (C=O) groups excluding carboxylic acids is 1. The molecule has 0 aliphatic rings. The lowest BCUT2D eigenvalue weighted by Gasteiger charge is -2.07. The van der Waals surface area contributed by atoms with Gasteiger partial charge in [-0.3, -0.25) is 4.79 Å². The molecule has 0 radical (unpaired) electrons. The van der Waals surface area contributed by atoms with Crippen molar-refractivity contribution < 1.29 is 9.36 Å². The van der Waals surface area contributed by atoms with Crippen LogP contribution in [0.15, 0.2) is 30.6 Å². The molecule has 0 aromatic carbocycles. The van der Waals surface area contributed by atoms with Crippen LogP contribution in [0.3, 0.4) is 0 Å². The predicted molar refractivity (Wildman–Crippen MR) is 63.8 cm³/mol. The van der Waals surface area contributed by atoms with Gasteiger partial charge in [0.2, 0.25) is 5.91 Å². The maximum Gasteiger partial charge on any atom is 0.220 e. The van der Waals surface area contributed by atoms with Crippen LogP contribution in [0.2, 0.25) is 0 Å². The van der Waals surface area contributed by atoms with Crippen molar-refractivity contribution in [3.8, 4) is 0 Å². The predicted octanol–water partition coefficient (Wildman–Crippen LogP) is 1.67. The Labute approximate surface area is 97.5 Å². The number of hydrogen-bond acceptors (Lipinski definition) is 1. The molecule has 1 aromatic heterocycles. The zero-order valence-electron chi connectivity index (χ0n) is 10.1. The third kappa shape index (κ3) is 5.49. The molecule has 0 aliphatic heterocycles. The molecular weight excluding hydrogens is 200 g/mol. The summed E-state index contributed by atoms with van der Waals surface area (Å²) in [5, 5.41) is 2.90. The van der Waals surface area contributed by atoms with E-state index in [1.54, 1.807) is 0 Å². The van der Waals surface area contributed by atoms with Gasteiger partial charge in [0.15, 0.2) is 12.4 Å². The van der Waals surface area contributed by atoms with Gasteiger partial charge in [0.1, 0.15) is 6.54 Å². The minimum Gasteiger partial charge on any atom is -0.354 e. The Kier molecular flexibility index (Phi) is 5.54. The third-order valence-corrected chi connectivity index (χ3v) is 2.30. The van der Waals surface area contributed by atoms with Crippen molar-refractivity contribution in [3.05, 3.63) is 30.6 Å². The van der Waals surface area contributed by atoms with E-state index in [1.165, 1.54) is 0 Å². The van der Waals surface area contributed by atoms with Gasteiger partial charge in [0.25, 0.3) is 0 Å². The Bertz CT molecular complexity index is 309. The lowest BCUT2D eigenvalue weighted by Crippen LogP contribution is -2.33. The second kappa shape index (κ2) is 6.99. The van der Waals surface area contributed by atoms with E-state index >= 15 is 0 Å². The van der Waals surface area contributed by atoms with Crippen LogP contribution in [0.4, 0.5) is 0 Å². The fourth-order valence-corrected chi connectivity index (χ4v) is 1.56. The fraction of sp³-hybridized carbons (Fsp3) is 0.538. The summed E-state index contributed by atoms with van der Waals surface area (Å²) in [6, 6.07) is 6.29. The normalized spacial score (nSPS) is 10.4. The number of unbranched alkanes of at least 4 members (excludes halogenated alkanes) is 1. The minimum absolute atomic E-state index is 0.160. The molecule has 88 valence electrons. The SMILES string of the molecule is CC(C)NC(=O)CCCC[n+]1ccccc1. The summed E-state index contributed by atoms with van der Waals surface area (Å²) in [5.41, 5.74) is 0. The standard InChI is InChI=1S/C13H20N2O/c1-12(2)14-13(16)8-4-7-11-15-9-5-3-6-10-15/h3,5-6,9-10,12H,4,7-8,11H2,1-2H3/p+1. The van der Waals surface area contributed by atoms with Crippen molar-refractivity contribution >= 4 is 5.91 Å². The highest BCUT2D eigenvalue weighted by Crippen LogP contribution is 1.96. The van der Waals surface area contributed by atoms with Crippen molar-refractivity contribution in [2.75, 3.05) is 0 Å². The molecule has 3 nitrogen and oxygen atoms in total. The van der Waals surface area contributed by atoms with Gasteiger partial charge in [-0.15, -0.1) is 0 Å². The van der Waals surface area contributed by atoms with E-state index in [-0.39, 0.29) is 11.9 Å². The molecule has 0 atom stereocenters. The van der Waals surface area contributed by atoms with Gasteiger partial charge in [-0.2, -0.15) is 0 Å². The number of hydrogen-bond donors (Lipinski definition) is 1. The van der Waals surface area contributed by atoms with Gasteiger partial charge < -0.3 is 5.32 Å². The summed E-state index contributed by atoms with van der Waals surface area (Å²) in [6.45, 7) is 4.95. The molecule has 0 unspecified atom stereocenters. The van der Waals surface area contributed by atoms with E-state index in [1.807, 2.05) is 44.4 Å².